The Hall–Kier alpha value is -1.89. The van der Waals surface area contributed by atoms with Crippen molar-refractivity contribution in [3.8, 4) is 0 Å². The molecule has 0 unspecified atom stereocenters. The summed E-state index contributed by atoms with van der Waals surface area (Å²) in [4.78, 5) is 3.71. The third-order valence-corrected chi connectivity index (χ3v) is 3.97. The second-order valence-corrected chi connectivity index (χ2v) is 5.74. The van der Waals surface area contributed by atoms with E-state index in [4.69, 9.17) is 0 Å². The van der Waals surface area contributed by atoms with Gasteiger partial charge in [0.2, 0.25) is 0 Å². The molecule has 1 aromatic heterocycles. The van der Waals surface area contributed by atoms with Crippen LogP contribution in [0.4, 0.5) is 0 Å². The Labute approximate surface area is 106 Å². The van der Waals surface area contributed by atoms with Gasteiger partial charge >= 0.3 is 0 Å². The van der Waals surface area contributed by atoms with Crippen molar-refractivity contribution in [3.05, 3.63) is 41.2 Å². The molecule has 1 heterocycles. The van der Waals surface area contributed by atoms with Gasteiger partial charge in [-0.05, 0) is 38.1 Å². The van der Waals surface area contributed by atoms with Gasteiger partial charge in [-0.3, -0.25) is 0 Å². The van der Waals surface area contributed by atoms with E-state index in [-0.39, 0.29) is 4.90 Å². The van der Waals surface area contributed by atoms with Crippen LogP contribution < -0.4 is 4.83 Å². The Morgan fingerprint density at radius 1 is 1.11 bits per heavy atom. The smallest absolute Gasteiger partial charge is 0.200 e. The van der Waals surface area contributed by atoms with Crippen molar-refractivity contribution in [2.24, 2.45) is 0 Å². The van der Waals surface area contributed by atoms with Gasteiger partial charge in [0, 0.05) is 0 Å². The van der Waals surface area contributed by atoms with Gasteiger partial charge in [-0.15, -0.1) is 9.89 Å². The second kappa shape index (κ2) is 4.41. The third-order valence-electron chi connectivity index (χ3n) is 2.66. The van der Waals surface area contributed by atoms with Crippen LogP contribution in [0.25, 0.3) is 0 Å². The third kappa shape index (κ3) is 2.35. The molecule has 0 radical (unpaired) electrons. The van der Waals surface area contributed by atoms with E-state index in [2.05, 4.69) is 15.1 Å². The van der Waals surface area contributed by atoms with Crippen molar-refractivity contribution >= 4 is 10.0 Å². The summed E-state index contributed by atoms with van der Waals surface area (Å²) < 4.78 is 24.1. The fourth-order valence-electron chi connectivity index (χ4n) is 1.38. The molecule has 6 nitrogen and oxygen atoms in total. The topological polar surface area (TPSA) is 76.9 Å². The molecule has 0 saturated heterocycles. The van der Waals surface area contributed by atoms with Gasteiger partial charge in [0.25, 0.3) is 10.0 Å². The van der Waals surface area contributed by atoms with Crippen LogP contribution in [0.15, 0.2) is 29.2 Å². The summed E-state index contributed by atoms with van der Waals surface area (Å²) >= 11 is 0. The van der Waals surface area contributed by atoms with Gasteiger partial charge in [0.05, 0.1) is 16.3 Å². The lowest BCUT2D eigenvalue weighted by molar-refractivity contribution is 0.588. The molecule has 0 aliphatic rings. The van der Waals surface area contributed by atoms with E-state index in [0.717, 1.165) is 10.4 Å². The van der Waals surface area contributed by atoms with E-state index in [9.17, 15) is 8.42 Å². The lowest BCUT2D eigenvalue weighted by Crippen LogP contribution is -2.25. The maximum atomic E-state index is 12.1. The standard InChI is InChI=1S/C11H14N4O2S/c1-8-4-6-11(7-5-8)18(16,17)14-15-10(3)9(2)12-13-15/h4-7,14H,1-3H3. The number of nitrogens with one attached hydrogen (secondary N) is 1. The summed E-state index contributed by atoms with van der Waals surface area (Å²) in [5.41, 5.74) is 2.34. The zero-order valence-corrected chi connectivity index (χ0v) is 11.2. The normalized spacial score (nSPS) is 11.5. The molecule has 18 heavy (non-hydrogen) atoms. The predicted molar refractivity (Wildman–Crippen MR) is 67.2 cm³/mol. The summed E-state index contributed by atoms with van der Waals surface area (Å²) in [6.45, 7) is 5.40. The van der Waals surface area contributed by atoms with Crippen LogP contribution >= 0.6 is 0 Å². The molecular weight excluding hydrogens is 252 g/mol. The summed E-state index contributed by atoms with van der Waals surface area (Å²) in [5.74, 6) is 0. The largest absolute Gasteiger partial charge is 0.276 e. The van der Waals surface area contributed by atoms with Gasteiger partial charge in [-0.25, -0.2) is 0 Å². The molecule has 0 saturated carbocycles. The average molecular weight is 266 g/mol. The van der Waals surface area contributed by atoms with Crippen LogP contribution in [0, 0.1) is 20.8 Å². The van der Waals surface area contributed by atoms with E-state index in [1.165, 1.54) is 0 Å². The lowest BCUT2D eigenvalue weighted by atomic mass is 10.2. The molecular formula is C11H14N4O2S. The van der Waals surface area contributed by atoms with Crippen LogP contribution in [0.5, 0.6) is 0 Å². The molecule has 96 valence electrons. The SMILES string of the molecule is Cc1ccc(S(=O)(=O)Nn2nnc(C)c2C)cc1. The van der Waals surface area contributed by atoms with E-state index in [1.54, 1.807) is 38.1 Å². The molecule has 0 aliphatic carbocycles. The Bertz CT molecular complexity index is 659. The molecule has 1 aromatic carbocycles. The van der Waals surface area contributed by atoms with Crippen molar-refractivity contribution in [1.82, 2.24) is 15.1 Å². The molecule has 0 atom stereocenters. The number of nitrogens with zero attached hydrogens (tertiary/aromatic N) is 3. The Morgan fingerprint density at radius 2 is 1.72 bits per heavy atom. The van der Waals surface area contributed by atoms with Crippen LogP contribution in [-0.4, -0.2) is 23.5 Å². The van der Waals surface area contributed by atoms with Gasteiger partial charge in [0.1, 0.15) is 0 Å². The minimum Gasteiger partial charge on any atom is -0.200 e. The first-order valence-electron chi connectivity index (χ1n) is 5.38. The van der Waals surface area contributed by atoms with Crippen molar-refractivity contribution in [3.63, 3.8) is 0 Å². The van der Waals surface area contributed by atoms with E-state index < -0.39 is 10.0 Å². The minimum atomic E-state index is -3.63. The lowest BCUT2D eigenvalue weighted by Gasteiger charge is -2.08. The van der Waals surface area contributed by atoms with Gasteiger partial charge < -0.3 is 0 Å². The van der Waals surface area contributed by atoms with Gasteiger partial charge in [-0.2, -0.15) is 13.2 Å². The van der Waals surface area contributed by atoms with Crippen LogP contribution in [-0.2, 0) is 10.0 Å². The highest BCUT2D eigenvalue weighted by Gasteiger charge is 2.16. The number of benzene rings is 1. The Kier molecular flexibility index (Phi) is 3.08. The average Bonchev–Trinajstić information content (AvgIpc) is 2.61. The molecule has 2 aromatic rings. The first-order valence-corrected chi connectivity index (χ1v) is 6.87. The molecule has 7 heteroatoms. The summed E-state index contributed by atoms with van der Waals surface area (Å²) in [5, 5.41) is 7.51. The van der Waals surface area contributed by atoms with E-state index in [0.29, 0.717) is 11.4 Å². The van der Waals surface area contributed by atoms with Crippen molar-refractivity contribution in [1.29, 1.82) is 0 Å². The summed E-state index contributed by atoms with van der Waals surface area (Å²) in [6, 6.07) is 6.59. The van der Waals surface area contributed by atoms with Gasteiger partial charge in [0.15, 0.2) is 0 Å². The molecule has 0 spiro atoms. The molecule has 0 bridgehead atoms. The number of aryl methyl sites for hydroxylation is 2. The Morgan fingerprint density at radius 3 is 2.22 bits per heavy atom. The zero-order chi connectivity index (χ0) is 13.3. The monoisotopic (exact) mass is 266 g/mol. The number of aromatic nitrogens is 3. The molecule has 0 aliphatic heterocycles. The molecule has 2 rings (SSSR count). The minimum absolute atomic E-state index is 0.195. The maximum absolute atomic E-state index is 12.1. The zero-order valence-electron chi connectivity index (χ0n) is 10.4. The fraction of sp³-hybridized carbons (Fsp3) is 0.273. The highest BCUT2D eigenvalue weighted by atomic mass is 32.2. The predicted octanol–water partition coefficient (Wildman–Crippen LogP) is 1.14. The van der Waals surface area contributed by atoms with E-state index in [1.807, 2.05) is 6.92 Å². The summed E-state index contributed by atoms with van der Waals surface area (Å²) in [7, 11) is -3.63. The number of hydrogen-bond acceptors (Lipinski definition) is 4. The second-order valence-electron chi connectivity index (χ2n) is 4.08. The highest BCUT2D eigenvalue weighted by molar-refractivity contribution is 7.92. The van der Waals surface area contributed by atoms with Crippen LogP contribution in [0.1, 0.15) is 17.0 Å². The number of hydrogen-bond donors (Lipinski definition) is 1. The first kappa shape index (κ1) is 12.6. The van der Waals surface area contributed by atoms with Crippen molar-refractivity contribution in [2.45, 2.75) is 25.7 Å². The van der Waals surface area contributed by atoms with Crippen LogP contribution in [0.3, 0.4) is 0 Å². The van der Waals surface area contributed by atoms with Crippen LogP contribution in [0.2, 0.25) is 0 Å². The van der Waals surface area contributed by atoms with Crippen molar-refractivity contribution < 1.29 is 8.42 Å². The molecule has 0 fully saturated rings. The quantitative estimate of drug-likeness (QED) is 0.903. The number of rotatable bonds is 3. The Balaban J connectivity index is 2.33. The fourth-order valence-corrected chi connectivity index (χ4v) is 2.38. The maximum Gasteiger partial charge on any atom is 0.276 e. The van der Waals surface area contributed by atoms with Crippen molar-refractivity contribution in [2.75, 3.05) is 4.83 Å². The first-order chi connectivity index (χ1) is 8.40. The molecule has 0 amide bonds. The number of sulfonamides is 1. The summed E-state index contributed by atoms with van der Waals surface area (Å²) in [6.07, 6.45) is 0. The van der Waals surface area contributed by atoms with E-state index >= 15 is 0 Å². The van der Waals surface area contributed by atoms with Gasteiger partial charge in [-0.1, -0.05) is 17.7 Å². The molecule has 1 N–H and O–H groups in total. The highest BCUT2D eigenvalue weighted by Crippen LogP contribution is 2.11.